The van der Waals surface area contributed by atoms with Gasteiger partial charge in [-0.2, -0.15) is 0 Å². The summed E-state index contributed by atoms with van der Waals surface area (Å²) < 4.78 is 5.71. The quantitative estimate of drug-likeness (QED) is 0.824. The molecule has 0 bridgehead atoms. The molecule has 18 heavy (non-hydrogen) atoms. The fourth-order valence-corrected chi connectivity index (χ4v) is 2.29. The molecular weight excluding hydrogens is 248 g/mol. The predicted octanol–water partition coefficient (Wildman–Crippen LogP) is 4.04. The van der Waals surface area contributed by atoms with Crippen LogP contribution in [0.3, 0.4) is 0 Å². The summed E-state index contributed by atoms with van der Waals surface area (Å²) in [4.78, 5) is 11.8. The van der Waals surface area contributed by atoms with E-state index in [0.717, 1.165) is 5.56 Å². The molecule has 3 heteroatoms. The molecule has 0 amide bonds. The number of carbonyl (C=O) groups excluding carboxylic acids is 1. The summed E-state index contributed by atoms with van der Waals surface area (Å²) in [6.45, 7) is 4.57. The topological polar surface area (TPSA) is 26.3 Å². The van der Waals surface area contributed by atoms with Crippen LogP contribution < -0.4 is 0 Å². The molecule has 1 aliphatic carbocycles. The Morgan fingerprint density at radius 2 is 1.89 bits per heavy atom. The lowest BCUT2D eigenvalue weighted by molar-refractivity contribution is -0.118. The Bertz CT molecular complexity index is 475. The molecule has 0 spiro atoms. The monoisotopic (exact) mass is 264 g/mol. The van der Waals surface area contributed by atoms with Crippen LogP contribution in [0, 0.1) is 5.41 Å². The van der Waals surface area contributed by atoms with E-state index in [9.17, 15) is 4.79 Å². The zero-order chi connectivity index (χ0) is 13.2. The maximum atomic E-state index is 11.8. The highest BCUT2D eigenvalue weighted by Crippen LogP contribution is 2.38. The number of allylic oxidation sites excluding steroid dienone is 2. The first-order valence-corrected chi connectivity index (χ1v) is 6.44. The van der Waals surface area contributed by atoms with Crippen molar-refractivity contribution in [2.75, 3.05) is 0 Å². The Balaban J connectivity index is 2.08. The molecule has 0 saturated carbocycles. The number of hydrogen-bond donors (Lipinski definition) is 0. The molecule has 0 aromatic heterocycles. The van der Waals surface area contributed by atoms with Crippen molar-refractivity contribution >= 4 is 17.4 Å². The Morgan fingerprint density at radius 1 is 1.22 bits per heavy atom. The Labute approximate surface area is 113 Å². The van der Waals surface area contributed by atoms with E-state index in [4.69, 9.17) is 16.3 Å². The van der Waals surface area contributed by atoms with Crippen LogP contribution in [0.4, 0.5) is 0 Å². The summed E-state index contributed by atoms with van der Waals surface area (Å²) in [6, 6.07) is 9.87. The highest BCUT2D eigenvalue weighted by molar-refractivity contribution is 6.43. The van der Waals surface area contributed by atoms with Crippen LogP contribution in [0.15, 0.2) is 41.1 Å². The molecule has 0 aliphatic heterocycles. The number of benzene rings is 1. The maximum Gasteiger partial charge on any atom is 0.178 e. The zero-order valence-electron chi connectivity index (χ0n) is 10.7. The highest BCUT2D eigenvalue weighted by Gasteiger charge is 2.33. The van der Waals surface area contributed by atoms with Gasteiger partial charge in [-0.15, -0.1) is 0 Å². The Hall–Kier alpha value is -1.28. The number of Topliss-reactive ketones (excluding diaryl/α,β-unsaturated/α-hetero) is 1. The van der Waals surface area contributed by atoms with E-state index < -0.39 is 0 Å². The summed E-state index contributed by atoms with van der Waals surface area (Å²) >= 11 is 6.03. The summed E-state index contributed by atoms with van der Waals surface area (Å²) in [6.07, 6.45) is 1.20. The van der Waals surface area contributed by atoms with Crippen LogP contribution in [0.5, 0.6) is 0 Å². The van der Waals surface area contributed by atoms with Gasteiger partial charge in [0, 0.05) is 12.8 Å². The molecule has 2 nitrogen and oxygen atoms in total. The van der Waals surface area contributed by atoms with Gasteiger partial charge in [-0.05, 0) is 11.0 Å². The predicted molar refractivity (Wildman–Crippen MR) is 72.1 cm³/mol. The summed E-state index contributed by atoms with van der Waals surface area (Å²) in [5.41, 5.74) is 1.01. The smallest absolute Gasteiger partial charge is 0.178 e. The molecular formula is C15H17ClO2. The lowest BCUT2D eigenvalue weighted by atomic mass is 9.79. The number of halogens is 1. The number of ketones is 1. The van der Waals surface area contributed by atoms with E-state index in [0.29, 0.717) is 25.2 Å². The van der Waals surface area contributed by atoms with Crippen LogP contribution in [0.25, 0.3) is 0 Å². The normalized spacial score (nSPS) is 18.9. The zero-order valence-corrected chi connectivity index (χ0v) is 11.5. The summed E-state index contributed by atoms with van der Waals surface area (Å²) in [5, 5.41) is 0.269. The van der Waals surface area contributed by atoms with Crippen LogP contribution in [-0.4, -0.2) is 5.78 Å². The van der Waals surface area contributed by atoms with Gasteiger partial charge in [-0.3, -0.25) is 4.79 Å². The van der Waals surface area contributed by atoms with E-state index in [-0.39, 0.29) is 16.2 Å². The van der Waals surface area contributed by atoms with E-state index >= 15 is 0 Å². The summed E-state index contributed by atoms with van der Waals surface area (Å²) in [5.74, 6) is 0.609. The third-order valence-corrected chi connectivity index (χ3v) is 3.45. The van der Waals surface area contributed by atoms with E-state index in [1.807, 2.05) is 30.3 Å². The third kappa shape index (κ3) is 3.14. The van der Waals surface area contributed by atoms with Crippen LogP contribution in [0.2, 0.25) is 0 Å². The number of ether oxygens (including phenoxy) is 1. The van der Waals surface area contributed by atoms with Crippen molar-refractivity contribution in [1.82, 2.24) is 0 Å². The van der Waals surface area contributed by atoms with Crippen LogP contribution in [-0.2, 0) is 16.1 Å². The van der Waals surface area contributed by atoms with Gasteiger partial charge in [0.05, 0.1) is 0 Å². The Morgan fingerprint density at radius 3 is 2.56 bits per heavy atom. The molecule has 0 heterocycles. The largest absolute Gasteiger partial charge is 0.492 e. The second-order valence-electron chi connectivity index (χ2n) is 5.45. The lowest BCUT2D eigenvalue weighted by Crippen LogP contribution is -2.25. The van der Waals surface area contributed by atoms with Crippen LogP contribution in [0.1, 0.15) is 32.3 Å². The van der Waals surface area contributed by atoms with Crippen molar-refractivity contribution < 1.29 is 9.53 Å². The minimum absolute atomic E-state index is 0.0176. The number of hydrogen-bond acceptors (Lipinski definition) is 2. The first-order chi connectivity index (χ1) is 8.48. The van der Waals surface area contributed by atoms with Crippen molar-refractivity contribution in [3.63, 3.8) is 0 Å². The molecule has 0 N–H and O–H groups in total. The van der Waals surface area contributed by atoms with Crippen molar-refractivity contribution in [3.05, 3.63) is 46.7 Å². The highest BCUT2D eigenvalue weighted by atomic mass is 35.5. The van der Waals surface area contributed by atoms with Gasteiger partial charge in [-0.25, -0.2) is 0 Å². The average Bonchev–Trinajstić information content (AvgIpc) is 2.33. The molecule has 2 rings (SSSR count). The van der Waals surface area contributed by atoms with Gasteiger partial charge in [0.2, 0.25) is 0 Å². The second-order valence-corrected chi connectivity index (χ2v) is 5.83. The first kappa shape index (κ1) is 13.2. The average molecular weight is 265 g/mol. The van der Waals surface area contributed by atoms with E-state index in [1.165, 1.54) is 0 Å². The lowest BCUT2D eigenvalue weighted by Gasteiger charge is -2.30. The molecule has 96 valence electrons. The van der Waals surface area contributed by atoms with E-state index in [1.54, 1.807) is 0 Å². The van der Waals surface area contributed by atoms with Gasteiger partial charge in [0.25, 0.3) is 0 Å². The van der Waals surface area contributed by atoms with Crippen molar-refractivity contribution in [2.45, 2.75) is 33.3 Å². The molecule has 1 aliphatic rings. The molecule has 0 radical (unpaired) electrons. The third-order valence-electron chi connectivity index (χ3n) is 3.02. The molecule has 1 aromatic rings. The van der Waals surface area contributed by atoms with Gasteiger partial charge in [0.15, 0.2) is 5.78 Å². The molecule has 1 aromatic carbocycles. The summed E-state index contributed by atoms with van der Waals surface area (Å²) in [7, 11) is 0. The molecule has 0 unspecified atom stereocenters. The second kappa shape index (κ2) is 5.15. The van der Waals surface area contributed by atoms with Gasteiger partial charge in [0.1, 0.15) is 17.4 Å². The van der Waals surface area contributed by atoms with Crippen LogP contribution >= 0.6 is 11.6 Å². The first-order valence-electron chi connectivity index (χ1n) is 6.06. The van der Waals surface area contributed by atoms with E-state index in [2.05, 4.69) is 13.8 Å². The minimum atomic E-state index is -0.0680. The van der Waals surface area contributed by atoms with Crippen molar-refractivity contribution in [1.29, 1.82) is 0 Å². The molecule has 0 fully saturated rings. The van der Waals surface area contributed by atoms with Crippen molar-refractivity contribution in [3.8, 4) is 0 Å². The standard InChI is InChI=1S/C15H17ClO2/c1-15(2)8-12(17)14(16)13(9-15)18-10-11-6-4-3-5-7-11/h3-7H,8-10H2,1-2H3. The fraction of sp³-hybridized carbons (Fsp3) is 0.400. The van der Waals surface area contributed by atoms with Crippen molar-refractivity contribution in [2.24, 2.45) is 5.41 Å². The van der Waals surface area contributed by atoms with Gasteiger partial charge in [-0.1, -0.05) is 55.8 Å². The van der Waals surface area contributed by atoms with Gasteiger partial charge >= 0.3 is 0 Å². The molecule has 0 atom stereocenters. The number of rotatable bonds is 3. The minimum Gasteiger partial charge on any atom is -0.492 e. The maximum absolute atomic E-state index is 11.8. The fourth-order valence-electron chi connectivity index (χ4n) is 2.10. The SMILES string of the molecule is CC1(C)CC(=O)C(Cl)=C(OCc2ccccc2)C1. The van der Waals surface area contributed by atoms with Gasteiger partial charge < -0.3 is 4.74 Å². The molecule has 0 saturated heterocycles. The Kier molecular flexibility index (Phi) is 3.76. The number of carbonyl (C=O) groups is 1.